The summed E-state index contributed by atoms with van der Waals surface area (Å²) in [4.78, 5) is 0. The van der Waals surface area contributed by atoms with Gasteiger partial charge in [-0.25, -0.2) is 0 Å². The van der Waals surface area contributed by atoms with Crippen LogP contribution < -0.4 is 0 Å². The largest absolute Gasteiger partial charge is 0 e. The molecule has 0 rings (SSSR count). The number of hydrogen-bond acceptors (Lipinski definition) is 0. The molecule has 9 radical (unpaired) electrons. The monoisotopic (exact) mass is 151 g/mol. The van der Waals surface area contributed by atoms with E-state index in [0.29, 0.717) is 0 Å². The minimum absolute atomic E-state index is 0. The van der Waals surface area contributed by atoms with Crippen LogP contribution in [0.1, 0.15) is 0 Å². The van der Waals surface area contributed by atoms with Crippen molar-refractivity contribution in [1.29, 1.82) is 0 Å². The molecule has 0 nitrogen and oxygen atoms in total. The summed E-state index contributed by atoms with van der Waals surface area (Å²) in [5, 5.41) is 0. The van der Waals surface area contributed by atoms with Crippen molar-refractivity contribution in [2.75, 3.05) is 0 Å². The maximum atomic E-state index is 0. The van der Waals surface area contributed by atoms with Crippen molar-refractivity contribution in [2.45, 2.75) is 0 Å². The SMILES string of the molecule is [C].[Cu].[Si].[Ti]. The molecular weight excluding hydrogens is 152 g/mol. The first-order chi connectivity index (χ1) is 0. The van der Waals surface area contributed by atoms with Crippen LogP contribution in [0.2, 0.25) is 0 Å². The van der Waals surface area contributed by atoms with Gasteiger partial charge in [-0.1, -0.05) is 0 Å². The topological polar surface area (TPSA) is 0 Å². The molecule has 0 N–H and O–H groups in total. The van der Waals surface area contributed by atoms with Gasteiger partial charge in [-0.2, -0.15) is 0 Å². The van der Waals surface area contributed by atoms with Crippen LogP contribution in [0.15, 0.2) is 0 Å². The normalized spacial score (nSPS) is 0. The zero-order chi connectivity index (χ0) is 0. The Balaban J connectivity index is 0. The van der Waals surface area contributed by atoms with Gasteiger partial charge in [0.05, 0.1) is 0 Å². The van der Waals surface area contributed by atoms with Crippen LogP contribution >= 0.6 is 0 Å². The smallest absolute Gasteiger partial charge is 0 e. The molecule has 0 unspecified atom stereocenters. The van der Waals surface area contributed by atoms with Crippen LogP contribution in [0.5, 0.6) is 0 Å². The van der Waals surface area contributed by atoms with Gasteiger partial charge in [0.15, 0.2) is 0 Å². The Morgan fingerprint density at radius 3 is 1.00 bits per heavy atom. The van der Waals surface area contributed by atoms with Gasteiger partial charge in [0.25, 0.3) is 0 Å². The molecule has 0 aliphatic heterocycles. The van der Waals surface area contributed by atoms with E-state index in [2.05, 4.69) is 0 Å². The molecule has 0 amide bonds. The molecule has 0 spiro atoms. The quantitative estimate of drug-likeness (QED) is 0.417. The fraction of sp³-hybridized carbons (Fsp3) is 0. The van der Waals surface area contributed by atoms with Crippen LogP contribution in [0.4, 0.5) is 0 Å². The van der Waals surface area contributed by atoms with Gasteiger partial charge in [-0.15, -0.1) is 0 Å². The minimum atomic E-state index is 0. The predicted molar refractivity (Wildman–Crippen MR) is 9.00 cm³/mol. The number of hydrogen-bond donors (Lipinski definition) is 0. The second-order valence-electron chi connectivity index (χ2n) is 0. The molecule has 0 aromatic heterocycles. The van der Waals surface area contributed by atoms with Gasteiger partial charge < -0.3 is 0 Å². The van der Waals surface area contributed by atoms with E-state index in [-0.39, 0.29) is 57.2 Å². The molecule has 0 saturated carbocycles. The molecule has 0 aliphatic rings. The molecule has 0 atom stereocenters. The van der Waals surface area contributed by atoms with Gasteiger partial charge in [-0.05, 0) is 0 Å². The fourth-order valence-corrected chi connectivity index (χ4v) is 0. The second kappa shape index (κ2) is 25.2. The zero-order valence-corrected chi connectivity index (χ0v) is 5.30. The summed E-state index contributed by atoms with van der Waals surface area (Å²) in [7, 11) is 0. The summed E-state index contributed by atoms with van der Waals surface area (Å²) >= 11 is 0. The van der Waals surface area contributed by atoms with Crippen molar-refractivity contribution >= 4 is 11.0 Å². The van der Waals surface area contributed by atoms with Crippen molar-refractivity contribution < 1.29 is 38.8 Å². The van der Waals surface area contributed by atoms with Crippen molar-refractivity contribution in [2.24, 2.45) is 0 Å². The van der Waals surface area contributed by atoms with Gasteiger partial charge in [-0.3, -0.25) is 0 Å². The van der Waals surface area contributed by atoms with E-state index in [9.17, 15) is 0 Å². The molecule has 0 aromatic carbocycles. The van der Waals surface area contributed by atoms with Crippen LogP contribution in [-0.2, 0) is 38.8 Å². The van der Waals surface area contributed by atoms with Crippen LogP contribution in [0.25, 0.3) is 0 Å². The van der Waals surface area contributed by atoms with Crippen molar-refractivity contribution in [3.8, 4) is 0 Å². The molecule has 3 heteroatoms. The third-order valence-corrected chi connectivity index (χ3v) is 0. The van der Waals surface area contributed by atoms with Crippen molar-refractivity contribution in [3.05, 3.63) is 7.43 Å². The van der Waals surface area contributed by atoms with E-state index in [0.717, 1.165) is 0 Å². The maximum Gasteiger partial charge on any atom is 0 e. The van der Waals surface area contributed by atoms with E-state index in [4.69, 9.17) is 0 Å². The molecule has 0 aromatic rings. The molecule has 0 saturated heterocycles. The summed E-state index contributed by atoms with van der Waals surface area (Å²) in [6, 6.07) is 0. The average molecular weight is 152 g/mol. The molecule has 0 bridgehead atoms. The fourth-order valence-electron chi connectivity index (χ4n) is 0. The summed E-state index contributed by atoms with van der Waals surface area (Å²) in [6.45, 7) is 0. The van der Waals surface area contributed by atoms with Gasteiger partial charge in [0.2, 0.25) is 0 Å². The van der Waals surface area contributed by atoms with Crippen LogP contribution in [0.3, 0.4) is 0 Å². The summed E-state index contributed by atoms with van der Waals surface area (Å²) < 4.78 is 0. The Hall–Kier alpha value is 1.45. The summed E-state index contributed by atoms with van der Waals surface area (Å²) in [5.74, 6) is 0. The molecular formula is CCuSiTi. The molecule has 4 heavy (non-hydrogen) atoms. The van der Waals surface area contributed by atoms with Gasteiger partial charge in [0, 0.05) is 57.2 Å². The first-order valence-electron chi connectivity index (χ1n) is 0. The zero-order valence-electron chi connectivity index (χ0n) is 1.80. The van der Waals surface area contributed by atoms with E-state index < -0.39 is 0 Å². The second-order valence-corrected chi connectivity index (χ2v) is 0. The van der Waals surface area contributed by atoms with Crippen molar-refractivity contribution in [1.82, 2.24) is 0 Å². The van der Waals surface area contributed by atoms with E-state index >= 15 is 0 Å². The minimum Gasteiger partial charge on any atom is 0 e. The molecule has 23 valence electrons. The number of rotatable bonds is 0. The van der Waals surface area contributed by atoms with Gasteiger partial charge >= 0.3 is 0 Å². The first-order valence-corrected chi connectivity index (χ1v) is 0. The molecule has 0 fully saturated rings. The van der Waals surface area contributed by atoms with E-state index in [1.165, 1.54) is 0 Å². The third kappa shape index (κ3) is 9.85. The summed E-state index contributed by atoms with van der Waals surface area (Å²) in [5.41, 5.74) is 0. The first kappa shape index (κ1) is 51.3. The average Bonchev–Trinajstić information content (AvgIpc) is 0. The Morgan fingerprint density at radius 2 is 1.00 bits per heavy atom. The third-order valence-electron chi connectivity index (χ3n) is 0. The maximum absolute atomic E-state index is 0. The standard InChI is InChI=1S/C.Cu.Si.Ti. The van der Waals surface area contributed by atoms with Crippen molar-refractivity contribution in [3.63, 3.8) is 0 Å². The van der Waals surface area contributed by atoms with Gasteiger partial charge in [0.1, 0.15) is 0 Å². The Morgan fingerprint density at radius 1 is 1.00 bits per heavy atom. The van der Waals surface area contributed by atoms with E-state index in [1.807, 2.05) is 0 Å². The van der Waals surface area contributed by atoms with E-state index in [1.54, 1.807) is 0 Å². The van der Waals surface area contributed by atoms with Crippen LogP contribution in [0, 0.1) is 7.43 Å². The Bertz CT molecular complexity index is 8.00. The molecule has 0 aliphatic carbocycles. The predicted octanol–water partition coefficient (Wildman–Crippen LogP) is -0.305. The van der Waals surface area contributed by atoms with Crippen LogP contribution in [-0.4, -0.2) is 11.0 Å². The molecule has 0 heterocycles. The summed E-state index contributed by atoms with van der Waals surface area (Å²) in [6.07, 6.45) is 0. The Kier molecular flexibility index (Phi) is 323. The Labute approximate surface area is 57.1 Å².